The van der Waals surface area contributed by atoms with Crippen molar-refractivity contribution in [2.45, 2.75) is 6.92 Å². The minimum atomic E-state index is -0.225. The standard InChI is InChI=1S/C12H12N4O2S/c1-7-10(19-6-14-7)12(17)15-9-4-2-3-8(5-9)11(13)16-18/h2-6,18H,1H3,(H2,13,16)(H,15,17). The SMILES string of the molecule is Cc1ncsc1C(=O)Nc1cccc(/C(N)=N/O)c1. The van der Waals surface area contributed by atoms with Gasteiger partial charge in [-0.3, -0.25) is 4.79 Å². The highest BCUT2D eigenvalue weighted by atomic mass is 32.1. The van der Waals surface area contributed by atoms with Gasteiger partial charge in [0.25, 0.3) is 5.91 Å². The Labute approximate surface area is 113 Å². The molecule has 0 unspecified atom stereocenters. The summed E-state index contributed by atoms with van der Waals surface area (Å²) in [6.07, 6.45) is 0. The van der Waals surface area contributed by atoms with Gasteiger partial charge in [0.1, 0.15) is 4.88 Å². The molecule has 1 heterocycles. The lowest BCUT2D eigenvalue weighted by atomic mass is 10.2. The number of nitrogens with zero attached hydrogens (tertiary/aromatic N) is 2. The Hall–Kier alpha value is -2.41. The van der Waals surface area contributed by atoms with Crippen molar-refractivity contribution in [3.05, 3.63) is 45.9 Å². The normalized spacial score (nSPS) is 11.3. The molecule has 0 atom stereocenters. The number of nitrogens with two attached hydrogens (primary N) is 1. The summed E-state index contributed by atoms with van der Waals surface area (Å²) in [6, 6.07) is 6.75. The number of benzene rings is 1. The van der Waals surface area contributed by atoms with Crippen molar-refractivity contribution in [2.75, 3.05) is 5.32 Å². The van der Waals surface area contributed by atoms with Crippen LogP contribution >= 0.6 is 11.3 Å². The van der Waals surface area contributed by atoms with Gasteiger partial charge < -0.3 is 16.3 Å². The predicted molar refractivity (Wildman–Crippen MR) is 73.8 cm³/mol. The monoisotopic (exact) mass is 276 g/mol. The molecular weight excluding hydrogens is 264 g/mol. The first kappa shape index (κ1) is 13.0. The van der Waals surface area contributed by atoms with E-state index in [4.69, 9.17) is 10.9 Å². The third-order valence-electron chi connectivity index (χ3n) is 2.48. The summed E-state index contributed by atoms with van der Waals surface area (Å²) in [5, 5.41) is 14.3. The number of hydrogen-bond acceptors (Lipinski definition) is 5. The van der Waals surface area contributed by atoms with Crippen LogP contribution in [0.15, 0.2) is 34.9 Å². The summed E-state index contributed by atoms with van der Waals surface area (Å²) >= 11 is 1.28. The number of amidine groups is 1. The Kier molecular flexibility index (Phi) is 3.76. The lowest BCUT2D eigenvalue weighted by molar-refractivity contribution is 0.103. The Bertz CT molecular complexity index is 636. The first-order valence-electron chi connectivity index (χ1n) is 5.41. The highest BCUT2D eigenvalue weighted by Crippen LogP contribution is 2.16. The predicted octanol–water partition coefficient (Wildman–Crippen LogP) is 1.80. The zero-order valence-corrected chi connectivity index (χ0v) is 10.9. The van der Waals surface area contributed by atoms with E-state index in [2.05, 4.69) is 15.5 Å². The van der Waals surface area contributed by atoms with Gasteiger partial charge in [0, 0.05) is 11.3 Å². The molecule has 1 aromatic heterocycles. The van der Waals surface area contributed by atoms with Gasteiger partial charge in [-0.25, -0.2) is 4.98 Å². The average Bonchev–Trinajstić information content (AvgIpc) is 2.84. The molecule has 4 N–H and O–H groups in total. The fourth-order valence-electron chi connectivity index (χ4n) is 1.52. The molecule has 0 saturated carbocycles. The van der Waals surface area contributed by atoms with Gasteiger partial charge in [-0.2, -0.15) is 0 Å². The van der Waals surface area contributed by atoms with Crippen molar-refractivity contribution in [2.24, 2.45) is 10.9 Å². The molecule has 19 heavy (non-hydrogen) atoms. The number of hydrogen-bond donors (Lipinski definition) is 3. The van der Waals surface area contributed by atoms with E-state index in [9.17, 15) is 4.79 Å². The second-order valence-corrected chi connectivity index (χ2v) is 4.64. The quantitative estimate of drug-likeness (QED) is 0.344. The lowest BCUT2D eigenvalue weighted by Gasteiger charge is -2.06. The summed E-state index contributed by atoms with van der Waals surface area (Å²) in [5.74, 6) is -0.235. The summed E-state index contributed by atoms with van der Waals surface area (Å²) in [4.78, 5) is 16.6. The summed E-state index contributed by atoms with van der Waals surface area (Å²) in [7, 11) is 0. The molecule has 2 aromatic rings. The van der Waals surface area contributed by atoms with Crippen LogP contribution in [0, 0.1) is 6.92 Å². The molecule has 0 aliphatic heterocycles. The molecule has 0 spiro atoms. The van der Waals surface area contributed by atoms with Crippen LogP contribution < -0.4 is 11.1 Å². The van der Waals surface area contributed by atoms with Gasteiger partial charge >= 0.3 is 0 Å². The van der Waals surface area contributed by atoms with Crippen molar-refractivity contribution in [3.63, 3.8) is 0 Å². The number of aromatic nitrogens is 1. The van der Waals surface area contributed by atoms with E-state index in [1.54, 1.807) is 36.7 Å². The van der Waals surface area contributed by atoms with Gasteiger partial charge in [0.05, 0.1) is 11.2 Å². The second kappa shape index (κ2) is 5.49. The number of anilines is 1. The van der Waals surface area contributed by atoms with Crippen LogP contribution in [0.25, 0.3) is 0 Å². The first-order valence-corrected chi connectivity index (χ1v) is 6.29. The van der Waals surface area contributed by atoms with E-state index >= 15 is 0 Å². The van der Waals surface area contributed by atoms with E-state index in [1.807, 2.05) is 0 Å². The number of nitrogens with one attached hydrogen (secondary N) is 1. The minimum absolute atomic E-state index is 0.00919. The highest BCUT2D eigenvalue weighted by molar-refractivity contribution is 7.12. The van der Waals surface area contributed by atoms with Gasteiger partial charge in [-0.15, -0.1) is 11.3 Å². The maximum absolute atomic E-state index is 12.0. The van der Waals surface area contributed by atoms with Crippen molar-refractivity contribution in [3.8, 4) is 0 Å². The van der Waals surface area contributed by atoms with E-state index < -0.39 is 0 Å². The highest BCUT2D eigenvalue weighted by Gasteiger charge is 2.12. The van der Waals surface area contributed by atoms with E-state index in [1.165, 1.54) is 11.3 Å². The molecule has 0 bridgehead atoms. The third-order valence-corrected chi connectivity index (χ3v) is 3.40. The van der Waals surface area contributed by atoms with Crippen LogP contribution in [0.4, 0.5) is 5.69 Å². The number of amides is 1. The van der Waals surface area contributed by atoms with Crippen molar-refractivity contribution in [1.82, 2.24) is 4.98 Å². The molecule has 2 rings (SSSR count). The van der Waals surface area contributed by atoms with Gasteiger partial charge in [-0.05, 0) is 19.1 Å². The lowest BCUT2D eigenvalue weighted by Crippen LogP contribution is -2.15. The average molecular weight is 276 g/mol. The molecule has 6 nitrogen and oxygen atoms in total. The molecule has 0 fully saturated rings. The molecule has 1 amide bonds. The summed E-state index contributed by atoms with van der Waals surface area (Å²) < 4.78 is 0. The molecule has 0 saturated heterocycles. The van der Waals surface area contributed by atoms with Gasteiger partial charge in [-0.1, -0.05) is 17.3 Å². The van der Waals surface area contributed by atoms with Crippen LogP contribution in [-0.4, -0.2) is 21.9 Å². The number of rotatable bonds is 3. The number of oxime groups is 1. The van der Waals surface area contributed by atoms with Crippen LogP contribution in [0.5, 0.6) is 0 Å². The second-order valence-electron chi connectivity index (χ2n) is 3.79. The van der Waals surface area contributed by atoms with Gasteiger partial charge in [0.15, 0.2) is 5.84 Å². The Morgan fingerprint density at radius 3 is 2.95 bits per heavy atom. The zero-order chi connectivity index (χ0) is 13.8. The van der Waals surface area contributed by atoms with Crippen LogP contribution in [0.3, 0.4) is 0 Å². The molecule has 0 radical (unpaired) electrons. The van der Waals surface area contributed by atoms with Crippen molar-refractivity contribution < 1.29 is 10.0 Å². The van der Waals surface area contributed by atoms with E-state index in [0.717, 1.165) is 0 Å². The fourth-order valence-corrected chi connectivity index (χ4v) is 2.22. The number of aryl methyl sites for hydroxylation is 1. The maximum Gasteiger partial charge on any atom is 0.267 e. The zero-order valence-electron chi connectivity index (χ0n) is 10.1. The minimum Gasteiger partial charge on any atom is -0.409 e. The topological polar surface area (TPSA) is 101 Å². The van der Waals surface area contributed by atoms with Crippen LogP contribution in [-0.2, 0) is 0 Å². The summed E-state index contributed by atoms with van der Waals surface area (Å²) in [5.41, 5.74) is 8.90. The summed E-state index contributed by atoms with van der Waals surface area (Å²) in [6.45, 7) is 1.78. The number of carbonyl (C=O) groups is 1. The van der Waals surface area contributed by atoms with Crippen LogP contribution in [0.2, 0.25) is 0 Å². The van der Waals surface area contributed by atoms with Gasteiger partial charge in [0.2, 0.25) is 0 Å². The Morgan fingerprint density at radius 2 is 2.32 bits per heavy atom. The van der Waals surface area contributed by atoms with Crippen LogP contribution in [0.1, 0.15) is 20.9 Å². The fraction of sp³-hybridized carbons (Fsp3) is 0.0833. The molecule has 0 aliphatic carbocycles. The number of carbonyl (C=O) groups excluding carboxylic acids is 1. The first-order chi connectivity index (χ1) is 9.11. The maximum atomic E-state index is 12.0. The Morgan fingerprint density at radius 1 is 1.53 bits per heavy atom. The molecule has 1 aromatic carbocycles. The molecular formula is C12H12N4O2S. The van der Waals surface area contributed by atoms with E-state index in [0.29, 0.717) is 21.8 Å². The van der Waals surface area contributed by atoms with E-state index in [-0.39, 0.29) is 11.7 Å². The number of thiazole rings is 1. The molecule has 7 heteroatoms. The van der Waals surface area contributed by atoms with Crippen molar-refractivity contribution in [1.29, 1.82) is 0 Å². The largest absolute Gasteiger partial charge is 0.409 e. The Balaban J connectivity index is 2.20. The van der Waals surface area contributed by atoms with Crippen molar-refractivity contribution >= 4 is 28.8 Å². The smallest absolute Gasteiger partial charge is 0.267 e. The molecule has 0 aliphatic rings. The third kappa shape index (κ3) is 2.89. The molecule has 98 valence electrons.